The highest BCUT2D eigenvalue weighted by atomic mass is 79.9. The average Bonchev–Trinajstić information content (AvgIpc) is 2.23. The lowest BCUT2D eigenvalue weighted by Gasteiger charge is -2.05. The molecule has 1 aromatic carbocycles. The van der Waals surface area contributed by atoms with E-state index in [9.17, 15) is 9.59 Å². The van der Waals surface area contributed by atoms with Gasteiger partial charge in [0, 0.05) is 16.6 Å². The Kier molecular flexibility index (Phi) is 2.55. The highest BCUT2D eigenvalue weighted by Gasteiger charge is 2.03. The zero-order valence-corrected chi connectivity index (χ0v) is 9.19. The molecule has 0 bridgehead atoms. The number of benzene rings is 1. The lowest BCUT2D eigenvalue weighted by molar-refractivity contribution is 0.783. The normalized spacial score (nSPS) is 10.2. The lowest BCUT2D eigenvalue weighted by Crippen LogP contribution is -2.26. The van der Waals surface area contributed by atoms with Gasteiger partial charge in [-0.05, 0) is 28.1 Å². The molecular weight excluding hydrogens is 260 g/mol. The van der Waals surface area contributed by atoms with Crippen LogP contribution in [0.3, 0.4) is 0 Å². The molecule has 1 heterocycles. The quantitative estimate of drug-likeness (QED) is 0.846. The number of aromatic amines is 1. The molecule has 0 radical (unpaired) electrons. The van der Waals surface area contributed by atoms with Crippen molar-refractivity contribution in [3.63, 3.8) is 0 Å². The SMILES string of the molecule is O=c1ccc(=O)n(-c2ccccc2Br)[nH]1. The summed E-state index contributed by atoms with van der Waals surface area (Å²) in [5, 5.41) is 2.45. The van der Waals surface area contributed by atoms with Crippen LogP contribution < -0.4 is 11.1 Å². The fourth-order valence-corrected chi connectivity index (χ4v) is 1.70. The van der Waals surface area contributed by atoms with Gasteiger partial charge in [0.1, 0.15) is 0 Å². The Hall–Kier alpha value is -1.62. The second-order valence-electron chi connectivity index (χ2n) is 2.93. The second kappa shape index (κ2) is 3.86. The smallest absolute Gasteiger partial charge is 0.268 e. The number of hydrogen-bond donors (Lipinski definition) is 1. The topological polar surface area (TPSA) is 54.9 Å². The van der Waals surface area contributed by atoms with Crippen LogP contribution >= 0.6 is 15.9 Å². The van der Waals surface area contributed by atoms with Gasteiger partial charge in [0.15, 0.2) is 0 Å². The maximum Gasteiger partial charge on any atom is 0.269 e. The second-order valence-corrected chi connectivity index (χ2v) is 3.79. The zero-order valence-electron chi connectivity index (χ0n) is 7.61. The average molecular weight is 267 g/mol. The van der Waals surface area contributed by atoms with E-state index in [1.807, 2.05) is 6.07 Å². The van der Waals surface area contributed by atoms with Crippen LogP contribution in [0.4, 0.5) is 0 Å². The molecule has 76 valence electrons. The largest absolute Gasteiger partial charge is 0.269 e. The van der Waals surface area contributed by atoms with Crippen LogP contribution in [0.1, 0.15) is 0 Å². The van der Waals surface area contributed by atoms with E-state index in [4.69, 9.17) is 0 Å². The van der Waals surface area contributed by atoms with Gasteiger partial charge in [-0.15, -0.1) is 0 Å². The Morgan fingerprint density at radius 2 is 1.80 bits per heavy atom. The Balaban J connectivity index is 2.75. The molecule has 0 spiro atoms. The van der Waals surface area contributed by atoms with Gasteiger partial charge in [0.25, 0.3) is 11.1 Å². The van der Waals surface area contributed by atoms with Crippen molar-refractivity contribution in [3.8, 4) is 5.69 Å². The number of rotatable bonds is 1. The molecule has 1 N–H and O–H groups in total. The zero-order chi connectivity index (χ0) is 10.8. The molecule has 0 unspecified atom stereocenters. The van der Waals surface area contributed by atoms with Crippen molar-refractivity contribution in [3.05, 3.63) is 61.6 Å². The Morgan fingerprint density at radius 3 is 2.53 bits per heavy atom. The minimum Gasteiger partial charge on any atom is -0.268 e. The molecule has 5 heteroatoms. The maximum atomic E-state index is 11.5. The van der Waals surface area contributed by atoms with Crippen molar-refractivity contribution < 1.29 is 0 Å². The van der Waals surface area contributed by atoms with Crippen LogP contribution in [0.15, 0.2) is 50.5 Å². The van der Waals surface area contributed by atoms with Gasteiger partial charge in [-0.25, -0.2) is 4.68 Å². The van der Waals surface area contributed by atoms with E-state index in [2.05, 4.69) is 21.0 Å². The van der Waals surface area contributed by atoms with E-state index in [0.717, 1.165) is 4.47 Å². The van der Waals surface area contributed by atoms with E-state index in [-0.39, 0.29) is 11.1 Å². The predicted molar refractivity (Wildman–Crippen MR) is 60.4 cm³/mol. The summed E-state index contributed by atoms with van der Waals surface area (Å²) in [4.78, 5) is 22.6. The molecule has 0 aliphatic carbocycles. The van der Waals surface area contributed by atoms with Crippen LogP contribution in [-0.4, -0.2) is 9.78 Å². The van der Waals surface area contributed by atoms with Crippen molar-refractivity contribution in [1.82, 2.24) is 9.78 Å². The van der Waals surface area contributed by atoms with E-state index in [1.54, 1.807) is 18.2 Å². The van der Waals surface area contributed by atoms with Crippen LogP contribution in [-0.2, 0) is 0 Å². The standard InChI is InChI=1S/C10H7BrN2O2/c11-7-3-1-2-4-8(7)13-10(15)6-5-9(14)12-13/h1-6H,(H,12,14). The summed E-state index contributed by atoms with van der Waals surface area (Å²) in [6.07, 6.45) is 0. The first-order valence-electron chi connectivity index (χ1n) is 4.26. The summed E-state index contributed by atoms with van der Waals surface area (Å²) >= 11 is 3.31. The van der Waals surface area contributed by atoms with Crippen LogP contribution in [0.2, 0.25) is 0 Å². The summed E-state index contributed by atoms with van der Waals surface area (Å²) in [7, 11) is 0. The number of hydrogen-bond acceptors (Lipinski definition) is 2. The van der Waals surface area contributed by atoms with Crippen molar-refractivity contribution in [2.45, 2.75) is 0 Å². The summed E-state index contributed by atoms with van der Waals surface area (Å²) < 4.78 is 1.95. The summed E-state index contributed by atoms with van der Waals surface area (Å²) in [6.45, 7) is 0. The molecule has 4 nitrogen and oxygen atoms in total. The number of para-hydroxylation sites is 1. The number of nitrogens with one attached hydrogen (secondary N) is 1. The van der Waals surface area contributed by atoms with Crippen LogP contribution in [0.5, 0.6) is 0 Å². The van der Waals surface area contributed by atoms with Crippen molar-refractivity contribution >= 4 is 15.9 Å². The number of halogens is 1. The van der Waals surface area contributed by atoms with Gasteiger partial charge in [-0.3, -0.25) is 14.7 Å². The molecule has 0 saturated heterocycles. The Bertz CT molecular complexity index is 601. The molecule has 1 aromatic heterocycles. The first kappa shape index (κ1) is 9.92. The number of H-pyrrole nitrogens is 1. The monoisotopic (exact) mass is 266 g/mol. The molecule has 2 rings (SSSR count). The van der Waals surface area contributed by atoms with Gasteiger partial charge in [0.05, 0.1) is 5.69 Å². The van der Waals surface area contributed by atoms with Crippen molar-refractivity contribution in [1.29, 1.82) is 0 Å². The molecule has 0 aliphatic rings. The van der Waals surface area contributed by atoms with Crippen LogP contribution in [0.25, 0.3) is 5.69 Å². The minimum absolute atomic E-state index is 0.276. The third-order valence-corrected chi connectivity index (χ3v) is 2.58. The molecule has 0 atom stereocenters. The third-order valence-electron chi connectivity index (χ3n) is 1.91. The first-order chi connectivity index (χ1) is 7.18. The number of aromatic nitrogens is 2. The molecule has 0 saturated carbocycles. The molecule has 0 aliphatic heterocycles. The highest BCUT2D eigenvalue weighted by molar-refractivity contribution is 9.10. The fraction of sp³-hybridized carbons (Fsp3) is 0. The van der Waals surface area contributed by atoms with E-state index in [0.29, 0.717) is 5.69 Å². The van der Waals surface area contributed by atoms with E-state index < -0.39 is 0 Å². The molecular formula is C10H7BrN2O2. The third kappa shape index (κ3) is 1.92. The summed E-state index contributed by atoms with van der Waals surface area (Å²) in [6, 6.07) is 9.60. The van der Waals surface area contributed by atoms with Gasteiger partial charge in [-0.2, -0.15) is 0 Å². The highest BCUT2D eigenvalue weighted by Crippen LogP contribution is 2.17. The maximum absolute atomic E-state index is 11.5. The van der Waals surface area contributed by atoms with E-state index >= 15 is 0 Å². The van der Waals surface area contributed by atoms with Gasteiger partial charge < -0.3 is 0 Å². The molecule has 2 aromatic rings. The molecule has 0 fully saturated rings. The predicted octanol–water partition coefficient (Wildman–Crippen LogP) is 1.29. The molecule has 15 heavy (non-hydrogen) atoms. The van der Waals surface area contributed by atoms with E-state index in [1.165, 1.54) is 16.8 Å². The van der Waals surface area contributed by atoms with Gasteiger partial charge in [-0.1, -0.05) is 12.1 Å². The number of nitrogens with zero attached hydrogens (tertiary/aromatic N) is 1. The fourth-order valence-electron chi connectivity index (χ4n) is 1.24. The first-order valence-corrected chi connectivity index (χ1v) is 5.05. The van der Waals surface area contributed by atoms with Crippen LogP contribution in [0, 0.1) is 0 Å². The van der Waals surface area contributed by atoms with Gasteiger partial charge in [0.2, 0.25) is 0 Å². The van der Waals surface area contributed by atoms with Crippen molar-refractivity contribution in [2.24, 2.45) is 0 Å². The Morgan fingerprint density at radius 1 is 1.07 bits per heavy atom. The summed E-state index contributed by atoms with van der Waals surface area (Å²) in [5.74, 6) is 0. The Labute approximate surface area is 93.3 Å². The molecule has 0 amide bonds. The summed E-state index contributed by atoms with van der Waals surface area (Å²) in [5.41, 5.74) is 0.0204. The lowest BCUT2D eigenvalue weighted by atomic mass is 10.3. The minimum atomic E-state index is -0.314. The van der Waals surface area contributed by atoms with Crippen molar-refractivity contribution in [2.75, 3.05) is 0 Å². The van der Waals surface area contributed by atoms with Gasteiger partial charge >= 0.3 is 0 Å².